The fourth-order valence-corrected chi connectivity index (χ4v) is 1.89. The Kier molecular flexibility index (Phi) is 4.69. The first-order valence-electron chi connectivity index (χ1n) is 5.30. The van der Waals surface area contributed by atoms with E-state index in [9.17, 15) is 9.59 Å². The van der Waals surface area contributed by atoms with Crippen LogP contribution in [0.1, 0.15) is 36.0 Å². The van der Waals surface area contributed by atoms with Gasteiger partial charge in [-0.3, -0.25) is 5.43 Å². The van der Waals surface area contributed by atoms with Crippen LogP contribution in [-0.2, 0) is 11.3 Å². The maximum absolute atomic E-state index is 11.3. The lowest BCUT2D eigenvalue weighted by Gasteiger charge is -2.19. The molecule has 1 amide bonds. The highest BCUT2D eigenvalue weighted by atomic mass is 32.1. The first kappa shape index (κ1) is 14.5. The number of carboxylic acids is 1. The highest BCUT2D eigenvalue weighted by molar-refractivity contribution is 7.10. The fraction of sp³-hybridized carbons (Fsp3) is 0.455. The monoisotopic (exact) mass is 272 g/mol. The van der Waals surface area contributed by atoms with Crippen LogP contribution in [0.4, 0.5) is 4.79 Å². The van der Waals surface area contributed by atoms with E-state index in [-0.39, 0.29) is 5.56 Å². The second kappa shape index (κ2) is 5.83. The number of amides is 1. The summed E-state index contributed by atoms with van der Waals surface area (Å²) in [5.41, 5.74) is 4.74. The maximum atomic E-state index is 11.3. The van der Waals surface area contributed by atoms with Gasteiger partial charge in [0.05, 0.1) is 5.56 Å². The van der Waals surface area contributed by atoms with Crippen molar-refractivity contribution in [2.45, 2.75) is 32.9 Å². The fourth-order valence-electron chi connectivity index (χ4n) is 1.09. The molecule has 0 saturated carbocycles. The minimum absolute atomic E-state index is 0.245. The van der Waals surface area contributed by atoms with E-state index in [1.807, 2.05) is 0 Å². The van der Waals surface area contributed by atoms with Crippen molar-refractivity contribution in [2.24, 2.45) is 0 Å². The molecule has 0 bridgehead atoms. The molecule has 0 radical (unpaired) electrons. The Bertz CT molecular complexity index is 436. The summed E-state index contributed by atoms with van der Waals surface area (Å²) >= 11 is 1.31. The van der Waals surface area contributed by atoms with Gasteiger partial charge in [0.15, 0.2) is 0 Å². The van der Waals surface area contributed by atoms with Gasteiger partial charge in [0, 0.05) is 16.8 Å². The standard InChI is InChI=1S/C11H16N2O4S/c1-11(2,3)17-10(16)13-12-5-8-4-7(6-18-8)9(14)15/h4,6,12H,5H2,1-3H3,(H,13,16)(H,14,15). The van der Waals surface area contributed by atoms with Crippen LogP contribution in [-0.4, -0.2) is 22.8 Å². The van der Waals surface area contributed by atoms with Crippen LogP contribution >= 0.6 is 11.3 Å². The predicted molar refractivity (Wildman–Crippen MR) is 67.5 cm³/mol. The van der Waals surface area contributed by atoms with Gasteiger partial charge in [-0.1, -0.05) is 0 Å². The Morgan fingerprint density at radius 2 is 2.11 bits per heavy atom. The number of thiophene rings is 1. The topological polar surface area (TPSA) is 87.7 Å². The summed E-state index contributed by atoms with van der Waals surface area (Å²) in [6, 6.07) is 1.55. The molecular formula is C11H16N2O4S. The van der Waals surface area contributed by atoms with Crippen molar-refractivity contribution in [3.05, 3.63) is 21.9 Å². The van der Waals surface area contributed by atoms with Gasteiger partial charge in [-0.2, -0.15) is 0 Å². The zero-order valence-corrected chi connectivity index (χ0v) is 11.3. The van der Waals surface area contributed by atoms with Gasteiger partial charge in [0.25, 0.3) is 0 Å². The van der Waals surface area contributed by atoms with Crippen LogP contribution in [0.25, 0.3) is 0 Å². The van der Waals surface area contributed by atoms with E-state index in [1.54, 1.807) is 32.2 Å². The molecule has 0 aliphatic carbocycles. The van der Waals surface area contributed by atoms with Gasteiger partial charge in [0.2, 0.25) is 0 Å². The molecule has 0 unspecified atom stereocenters. The Hall–Kier alpha value is -1.60. The number of carbonyl (C=O) groups excluding carboxylic acids is 1. The number of rotatable bonds is 4. The van der Waals surface area contributed by atoms with Gasteiger partial charge < -0.3 is 9.84 Å². The van der Waals surface area contributed by atoms with Crippen molar-refractivity contribution in [3.8, 4) is 0 Å². The first-order valence-corrected chi connectivity index (χ1v) is 6.18. The van der Waals surface area contributed by atoms with E-state index < -0.39 is 17.7 Å². The Labute approximate surface area is 109 Å². The molecule has 3 N–H and O–H groups in total. The number of ether oxygens (including phenoxy) is 1. The van der Waals surface area contributed by atoms with Crippen molar-refractivity contribution in [1.29, 1.82) is 0 Å². The van der Waals surface area contributed by atoms with Gasteiger partial charge in [-0.25, -0.2) is 15.0 Å². The van der Waals surface area contributed by atoms with E-state index >= 15 is 0 Å². The van der Waals surface area contributed by atoms with Crippen molar-refractivity contribution >= 4 is 23.4 Å². The molecule has 0 spiro atoms. The largest absolute Gasteiger partial charge is 0.478 e. The molecule has 0 aromatic carbocycles. The summed E-state index contributed by atoms with van der Waals surface area (Å²) in [5, 5.41) is 10.3. The highest BCUT2D eigenvalue weighted by Gasteiger charge is 2.15. The average Bonchev–Trinajstić information content (AvgIpc) is 2.63. The molecule has 1 aromatic rings. The summed E-state index contributed by atoms with van der Waals surface area (Å²) in [6.07, 6.45) is -0.572. The maximum Gasteiger partial charge on any atom is 0.422 e. The van der Waals surface area contributed by atoms with Crippen molar-refractivity contribution in [3.63, 3.8) is 0 Å². The minimum Gasteiger partial charge on any atom is -0.478 e. The van der Waals surface area contributed by atoms with Crippen LogP contribution in [0.2, 0.25) is 0 Å². The molecule has 18 heavy (non-hydrogen) atoms. The van der Waals surface area contributed by atoms with Crippen molar-refractivity contribution in [2.75, 3.05) is 0 Å². The summed E-state index contributed by atoms with van der Waals surface area (Å²) in [7, 11) is 0. The highest BCUT2D eigenvalue weighted by Crippen LogP contribution is 2.14. The molecule has 0 atom stereocenters. The summed E-state index contributed by atoms with van der Waals surface area (Å²) in [4.78, 5) is 22.7. The summed E-state index contributed by atoms with van der Waals surface area (Å²) in [5.74, 6) is -0.961. The van der Waals surface area contributed by atoms with Crippen LogP contribution in [0, 0.1) is 0 Å². The molecule has 0 aliphatic heterocycles. The number of hydrazine groups is 1. The first-order chi connectivity index (χ1) is 8.28. The van der Waals surface area contributed by atoms with Gasteiger partial charge in [-0.05, 0) is 26.8 Å². The van der Waals surface area contributed by atoms with Crippen LogP contribution in [0.3, 0.4) is 0 Å². The lowest BCUT2D eigenvalue weighted by atomic mass is 10.2. The van der Waals surface area contributed by atoms with Crippen molar-refractivity contribution in [1.82, 2.24) is 10.9 Å². The third-order valence-electron chi connectivity index (χ3n) is 1.75. The number of nitrogens with one attached hydrogen (secondary N) is 2. The van der Waals surface area contributed by atoms with E-state index in [2.05, 4.69) is 10.9 Å². The second-order valence-corrected chi connectivity index (χ2v) is 5.58. The normalized spacial score (nSPS) is 11.1. The van der Waals surface area contributed by atoms with E-state index in [1.165, 1.54) is 11.3 Å². The number of carbonyl (C=O) groups is 2. The molecule has 1 rings (SSSR count). The number of carboxylic acid groups (broad SMARTS) is 1. The molecular weight excluding hydrogens is 256 g/mol. The molecule has 100 valence electrons. The molecule has 0 aliphatic rings. The number of aromatic carboxylic acids is 1. The quantitative estimate of drug-likeness (QED) is 0.729. The zero-order valence-electron chi connectivity index (χ0n) is 10.4. The molecule has 1 heterocycles. The Morgan fingerprint density at radius 3 is 2.61 bits per heavy atom. The van der Waals surface area contributed by atoms with Crippen molar-refractivity contribution < 1.29 is 19.4 Å². The van der Waals surface area contributed by atoms with Gasteiger partial charge in [0.1, 0.15) is 5.60 Å². The molecule has 1 aromatic heterocycles. The van der Waals surface area contributed by atoms with E-state index in [0.717, 1.165) is 4.88 Å². The van der Waals surface area contributed by atoms with E-state index in [0.29, 0.717) is 6.54 Å². The van der Waals surface area contributed by atoms with Crippen LogP contribution in [0.15, 0.2) is 11.4 Å². The summed E-state index contributed by atoms with van der Waals surface area (Å²) in [6.45, 7) is 5.65. The lowest BCUT2D eigenvalue weighted by molar-refractivity contribution is 0.0496. The second-order valence-electron chi connectivity index (χ2n) is 4.59. The number of hydrogen-bond donors (Lipinski definition) is 3. The lowest BCUT2D eigenvalue weighted by Crippen LogP contribution is -2.40. The molecule has 0 fully saturated rings. The van der Waals surface area contributed by atoms with Gasteiger partial charge >= 0.3 is 12.1 Å². The Balaban J connectivity index is 2.33. The summed E-state index contributed by atoms with van der Waals surface area (Å²) < 4.78 is 5.02. The minimum atomic E-state index is -0.961. The SMILES string of the molecule is CC(C)(C)OC(=O)NNCc1cc(C(=O)O)cs1. The van der Waals surface area contributed by atoms with Crippen LogP contribution < -0.4 is 10.9 Å². The molecule has 7 heteroatoms. The van der Waals surface area contributed by atoms with E-state index in [4.69, 9.17) is 9.84 Å². The number of hydrogen-bond acceptors (Lipinski definition) is 5. The third kappa shape index (κ3) is 5.15. The third-order valence-corrected chi connectivity index (χ3v) is 2.69. The Morgan fingerprint density at radius 1 is 1.44 bits per heavy atom. The zero-order chi connectivity index (χ0) is 13.8. The molecule has 6 nitrogen and oxygen atoms in total. The predicted octanol–water partition coefficient (Wildman–Crippen LogP) is 1.98. The van der Waals surface area contributed by atoms with Crippen LogP contribution in [0.5, 0.6) is 0 Å². The molecule has 0 saturated heterocycles. The average molecular weight is 272 g/mol. The van der Waals surface area contributed by atoms with Gasteiger partial charge in [-0.15, -0.1) is 11.3 Å². The smallest absolute Gasteiger partial charge is 0.422 e.